The van der Waals surface area contributed by atoms with E-state index >= 15 is 0 Å². The fourth-order valence-corrected chi connectivity index (χ4v) is 11.2. The summed E-state index contributed by atoms with van der Waals surface area (Å²) < 4.78 is 440. The molecule has 3 aliphatic heterocycles. The Hall–Kier alpha value is -10.5. The molecular formula is C80H62BN5O. The van der Waals surface area contributed by atoms with Crippen LogP contribution in [0.1, 0.15) is 113 Å². The van der Waals surface area contributed by atoms with Crippen LogP contribution in [0.4, 0.5) is 68.2 Å². The maximum Gasteiger partial charge on any atom is 0.252 e. The third-order valence-electron chi connectivity index (χ3n) is 15.1. The van der Waals surface area contributed by atoms with Crippen LogP contribution in [0, 0.1) is 0 Å². The lowest BCUT2D eigenvalue weighted by atomic mass is 9.33. The number of benzene rings is 12. The molecule has 5 heterocycles. The summed E-state index contributed by atoms with van der Waals surface area (Å²) in [5.41, 5.74) is -25.9. The number of anilines is 12. The molecule has 0 N–H and O–H groups in total. The monoisotopic (exact) mass is 1160 g/mol. The Balaban J connectivity index is 1.19. The normalized spacial score (nSPS) is 20.2. The fraction of sp³-hybridized carbons (Fsp3) is 0.100. The number of fused-ring (bicyclic) bond motifs is 12. The first-order chi connectivity index (χ1) is 60.8. The van der Waals surface area contributed by atoms with Gasteiger partial charge in [0.15, 0.2) is 0 Å². The molecule has 0 saturated carbocycles. The fourth-order valence-electron chi connectivity index (χ4n) is 11.2. The van der Waals surface area contributed by atoms with Crippen molar-refractivity contribution in [2.45, 2.75) is 52.4 Å². The first-order valence-electron chi connectivity index (χ1n) is 48.9. The van der Waals surface area contributed by atoms with E-state index in [9.17, 15) is 49.3 Å². The largest absolute Gasteiger partial charge is 0.455 e. The topological polar surface area (TPSA) is 31.0 Å². The molecule has 416 valence electrons. The van der Waals surface area contributed by atoms with Crippen LogP contribution in [0.5, 0.6) is 0 Å². The Kier molecular flexibility index (Phi) is 5.11. The molecule has 0 bridgehead atoms. The van der Waals surface area contributed by atoms with Crippen LogP contribution >= 0.6 is 0 Å². The molecule has 12 aromatic carbocycles. The standard InChI is InChI=1S/C80H62BN5O/c1-79(2,3)52-36-42-56(43-37-52)82(57-44-38-53(39-45-57)80(4,5)6)59-46-47-66-71(48-59)84(58-40-34-51(35-41-58)61-26-17-28-65-63-25-14-16-33-74(63)87-78(61)65)72-49-60(83(54-20-9-7-10-21-54)55-22-11-8-12-23-55)50-73-75(72)81(66)67-29-19-32-70-77(67)86(73)69-31-18-27-64-62-24-13-15-30-68(62)85(70)76(64)69/h7-50H,1-6H3/i7D,8D,9D,10D,11D,12D,13D,14D,15D,16D,17D,18D,19D,20D,21D,22D,23D,24D,25D,26D,27D,28D,29D,30D,31D,32D,33D,34D,35D,36D,37D,38D,39D,40D,41D,42D,43D,44D,45D,46D,47D,48D,49D,50D. The summed E-state index contributed by atoms with van der Waals surface area (Å²) in [5, 5.41) is -2.45. The van der Waals surface area contributed by atoms with Gasteiger partial charge in [-0.15, -0.1) is 0 Å². The average molecular weight is 1160 g/mol. The van der Waals surface area contributed by atoms with Gasteiger partial charge in [0.05, 0.1) is 94.1 Å². The molecule has 87 heavy (non-hydrogen) atoms. The Labute approximate surface area is 569 Å². The average Bonchev–Trinajstić information content (AvgIpc) is 1.64. The van der Waals surface area contributed by atoms with E-state index in [-0.39, 0.29) is 16.0 Å². The van der Waals surface area contributed by atoms with Crippen molar-refractivity contribution in [3.05, 3.63) is 277 Å². The van der Waals surface area contributed by atoms with Crippen LogP contribution in [0.3, 0.4) is 0 Å². The van der Waals surface area contributed by atoms with E-state index in [1.807, 2.05) is 0 Å². The van der Waals surface area contributed by atoms with Gasteiger partial charge >= 0.3 is 0 Å². The van der Waals surface area contributed by atoms with Crippen LogP contribution in [0.15, 0.2) is 270 Å². The molecule has 0 fully saturated rings. The molecule has 0 saturated heterocycles. The zero-order valence-corrected chi connectivity index (χ0v) is 46.2. The smallest absolute Gasteiger partial charge is 0.252 e. The van der Waals surface area contributed by atoms with Crippen molar-refractivity contribution < 1.29 is 64.7 Å². The number of aromatic nitrogens is 1. The molecule has 7 heteroatoms. The second kappa shape index (κ2) is 19.0. The molecule has 6 nitrogen and oxygen atoms in total. The molecular weight excluding hydrogens is 1060 g/mol. The maximum absolute atomic E-state index is 11.5. The minimum atomic E-state index is -2.56. The molecule has 0 amide bonds. The van der Waals surface area contributed by atoms with Crippen molar-refractivity contribution in [2.75, 3.05) is 19.6 Å². The van der Waals surface area contributed by atoms with Gasteiger partial charge in [0, 0.05) is 78.3 Å². The highest BCUT2D eigenvalue weighted by molar-refractivity contribution is 7.00. The van der Waals surface area contributed by atoms with Gasteiger partial charge in [-0.3, -0.25) is 0 Å². The van der Waals surface area contributed by atoms with Crippen LogP contribution in [-0.4, -0.2) is 11.3 Å². The van der Waals surface area contributed by atoms with E-state index < -0.39 is 429 Å². The zero-order valence-electron chi connectivity index (χ0n) is 90.2. The van der Waals surface area contributed by atoms with Gasteiger partial charge in [-0.1, -0.05) is 199 Å². The van der Waals surface area contributed by atoms with Crippen LogP contribution < -0.4 is 36.0 Å². The molecule has 2 aromatic heterocycles. The molecule has 14 aromatic rings. The van der Waals surface area contributed by atoms with E-state index in [1.165, 1.54) is 41.5 Å². The SMILES string of the molecule is [2H]c1c([2H])c([2H])c(N(c2c([2H])c([2H])c([2H])c([2H])c2[2H])c2c([2H])c3c4c(c2[2H])N2c5c(c([2H])c([2H])c([2H])c5-n5c6c([2H])c([2H])c([2H])c([2H])c6c6c([2H])c([2H])c([2H])c2c65)B4c2c([2H])c([2H])c(N(c4c([2H])c([2H])c(C(C)(C)C)c([2H])c4[2H])c4c([2H])c([2H])c(C(C)(C)C)c([2H])c4[2H])c([2H])c2N3c2c([2H])c([2H])c(-c3c([2H])c([2H])c([2H])c4c3oc3c([2H])c([2H])c([2H])c([2H])c34)c([2H])c2[2H])c([2H])c1[2H]. The predicted octanol–water partition coefficient (Wildman–Crippen LogP) is 20.3. The summed E-state index contributed by atoms with van der Waals surface area (Å²) in [7, 11) is 0. The van der Waals surface area contributed by atoms with Crippen molar-refractivity contribution in [3.8, 4) is 16.8 Å². The molecule has 17 rings (SSSR count). The summed E-state index contributed by atoms with van der Waals surface area (Å²) in [6.45, 7) is 6.50. The predicted molar refractivity (Wildman–Crippen MR) is 368 cm³/mol. The molecule has 0 atom stereocenters. The Morgan fingerprint density at radius 3 is 1.60 bits per heavy atom. The van der Waals surface area contributed by atoms with Crippen molar-refractivity contribution in [1.82, 2.24) is 4.57 Å². The van der Waals surface area contributed by atoms with Gasteiger partial charge in [0.25, 0.3) is 6.71 Å². The summed E-state index contributed by atoms with van der Waals surface area (Å²) >= 11 is 0. The molecule has 0 radical (unpaired) electrons. The van der Waals surface area contributed by atoms with Crippen LogP contribution in [0.25, 0.3) is 60.6 Å². The Morgan fingerprint density at radius 2 is 0.920 bits per heavy atom. The minimum Gasteiger partial charge on any atom is -0.455 e. The van der Waals surface area contributed by atoms with E-state index in [0.29, 0.717) is 9.80 Å². The Bertz CT molecular complexity index is 7550. The molecule has 3 aliphatic rings. The lowest BCUT2D eigenvalue weighted by molar-refractivity contribution is 0.590. The summed E-state index contributed by atoms with van der Waals surface area (Å²) in [5.74, 6) is 0. The van der Waals surface area contributed by atoms with E-state index in [4.69, 9.17) is 15.4 Å². The van der Waals surface area contributed by atoms with Crippen molar-refractivity contribution in [1.29, 1.82) is 0 Å². The first kappa shape index (κ1) is 23.4. The van der Waals surface area contributed by atoms with E-state index in [1.54, 1.807) is 0 Å². The van der Waals surface area contributed by atoms with Crippen molar-refractivity contribution in [2.24, 2.45) is 0 Å². The van der Waals surface area contributed by atoms with Gasteiger partial charge in [0.2, 0.25) is 0 Å². The number of hydrogen-bond donors (Lipinski definition) is 0. The summed E-state index contributed by atoms with van der Waals surface area (Å²) in [6, 6.07) is -51.1. The Morgan fingerprint density at radius 1 is 0.391 bits per heavy atom. The lowest BCUT2D eigenvalue weighted by Crippen LogP contribution is -2.61. The zero-order chi connectivity index (χ0) is 96.7. The van der Waals surface area contributed by atoms with Gasteiger partial charge in [-0.25, -0.2) is 0 Å². The van der Waals surface area contributed by atoms with Gasteiger partial charge in [-0.2, -0.15) is 0 Å². The van der Waals surface area contributed by atoms with Crippen LogP contribution in [-0.2, 0) is 10.8 Å². The van der Waals surface area contributed by atoms with E-state index in [0.717, 1.165) is 9.47 Å². The highest BCUT2D eigenvalue weighted by Crippen LogP contribution is 2.55. The quantitative estimate of drug-likeness (QED) is 0.142. The highest BCUT2D eigenvalue weighted by Gasteiger charge is 2.47. The number of rotatable bonds is 8. The summed E-state index contributed by atoms with van der Waals surface area (Å²) in [6.07, 6.45) is 0. The number of nitrogens with zero attached hydrogens (tertiary/aromatic N) is 5. The molecule has 0 aliphatic carbocycles. The first-order valence-corrected chi connectivity index (χ1v) is 26.9. The van der Waals surface area contributed by atoms with Crippen molar-refractivity contribution >= 4 is 135 Å². The third kappa shape index (κ3) is 7.81. The van der Waals surface area contributed by atoms with Gasteiger partial charge in [0.1, 0.15) is 11.2 Å². The van der Waals surface area contributed by atoms with Crippen LogP contribution in [0.2, 0.25) is 0 Å². The minimum absolute atomic E-state index is 0.259. The highest BCUT2D eigenvalue weighted by atomic mass is 16.3. The second-order valence-electron chi connectivity index (χ2n) is 22.3. The molecule has 0 unspecified atom stereocenters. The number of hydrogen-bond acceptors (Lipinski definition) is 5. The second-order valence-corrected chi connectivity index (χ2v) is 22.3. The number of para-hydroxylation sites is 7. The third-order valence-corrected chi connectivity index (χ3v) is 15.1. The number of furan rings is 1. The summed E-state index contributed by atoms with van der Waals surface area (Å²) in [4.78, 5) is 1.87. The molecule has 0 spiro atoms. The van der Waals surface area contributed by atoms with Gasteiger partial charge < -0.3 is 28.6 Å². The maximum atomic E-state index is 11.5. The van der Waals surface area contributed by atoms with E-state index in [2.05, 4.69) is 0 Å². The van der Waals surface area contributed by atoms with Gasteiger partial charge in [-0.05, 0) is 153 Å². The lowest BCUT2D eigenvalue weighted by Gasteiger charge is -2.47. The van der Waals surface area contributed by atoms with Crippen molar-refractivity contribution in [3.63, 3.8) is 0 Å².